The molecule has 0 saturated heterocycles. The maximum absolute atomic E-state index is 9.32. The average Bonchev–Trinajstić information content (AvgIpc) is 2.78. The topological polar surface area (TPSA) is 116 Å². The van der Waals surface area contributed by atoms with Crippen molar-refractivity contribution < 1.29 is 43.5 Å². The fraction of sp³-hybridized carbons (Fsp3) is 1.00. The van der Waals surface area contributed by atoms with E-state index in [2.05, 4.69) is 0 Å². The third kappa shape index (κ3) is 22.1. The summed E-state index contributed by atoms with van der Waals surface area (Å²) in [5, 5.41) is 28.0. The van der Waals surface area contributed by atoms with Gasteiger partial charge in [-0.2, -0.15) is 0 Å². The average molecular weight is 514 g/mol. The van der Waals surface area contributed by atoms with Gasteiger partial charge in [0.2, 0.25) is 0 Å². The van der Waals surface area contributed by atoms with E-state index in [1.807, 2.05) is 0 Å². The molecule has 0 heterocycles. The Labute approximate surface area is 200 Å². The Bertz CT molecular complexity index is 326. The summed E-state index contributed by atoms with van der Waals surface area (Å²) in [4.78, 5) is 0. The van der Waals surface area contributed by atoms with Crippen molar-refractivity contribution in [1.82, 2.24) is 0 Å². The summed E-state index contributed by atoms with van der Waals surface area (Å²) >= 11 is 16.5. The van der Waals surface area contributed by atoms with Crippen molar-refractivity contribution in [1.29, 1.82) is 0 Å². The smallest absolute Gasteiger partial charge is 0.389 e. The van der Waals surface area contributed by atoms with Crippen LogP contribution in [0.15, 0.2) is 0 Å². The molecule has 0 aromatic heterocycles. The molecule has 0 aromatic carbocycles. The molecule has 0 bridgehead atoms. The lowest BCUT2D eigenvalue weighted by atomic mass is 10.2. The SMILES string of the molecule is OC(CCl)COCCCOB(OCCCOCC(O)CCl)OCCCOCC(O)CCl. The first-order valence-electron chi connectivity index (χ1n) is 10.3. The molecule has 0 aromatic rings. The summed E-state index contributed by atoms with van der Waals surface area (Å²) < 4.78 is 32.6. The van der Waals surface area contributed by atoms with Crippen LogP contribution in [-0.4, -0.2) is 118 Å². The van der Waals surface area contributed by atoms with Gasteiger partial charge >= 0.3 is 7.32 Å². The first-order chi connectivity index (χ1) is 15.0. The first kappa shape index (κ1) is 31.6. The zero-order valence-corrected chi connectivity index (χ0v) is 20.1. The minimum atomic E-state index is -0.852. The van der Waals surface area contributed by atoms with Crippen LogP contribution in [0.5, 0.6) is 0 Å². The summed E-state index contributed by atoms with van der Waals surface area (Å²) in [6.45, 7) is 2.80. The maximum atomic E-state index is 9.32. The van der Waals surface area contributed by atoms with Crippen molar-refractivity contribution in [2.75, 3.05) is 77.1 Å². The second kappa shape index (κ2) is 23.7. The highest BCUT2D eigenvalue weighted by Crippen LogP contribution is 2.00. The van der Waals surface area contributed by atoms with E-state index in [1.165, 1.54) is 0 Å². The van der Waals surface area contributed by atoms with Crippen molar-refractivity contribution in [2.24, 2.45) is 0 Å². The van der Waals surface area contributed by atoms with Crippen molar-refractivity contribution >= 4 is 42.1 Å². The summed E-state index contributed by atoms with van der Waals surface area (Å²) in [6.07, 6.45) is -0.252. The van der Waals surface area contributed by atoms with Crippen LogP contribution in [0.2, 0.25) is 0 Å². The second-order valence-corrected chi connectivity index (χ2v) is 7.54. The van der Waals surface area contributed by atoms with Crippen LogP contribution in [0, 0.1) is 0 Å². The molecule has 0 fully saturated rings. The minimum Gasteiger partial charge on any atom is -0.389 e. The normalized spacial score (nSPS) is 14.5. The Morgan fingerprint density at radius 3 is 1.06 bits per heavy atom. The van der Waals surface area contributed by atoms with E-state index in [1.54, 1.807) is 0 Å². The molecule has 9 nitrogen and oxygen atoms in total. The van der Waals surface area contributed by atoms with Gasteiger partial charge in [0.1, 0.15) is 0 Å². The van der Waals surface area contributed by atoms with Gasteiger partial charge in [0, 0.05) is 39.6 Å². The van der Waals surface area contributed by atoms with Crippen LogP contribution >= 0.6 is 34.8 Å². The maximum Gasteiger partial charge on any atom is 0.639 e. The number of hydrogen-bond acceptors (Lipinski definition) is 9. The van der Waals surface area contributed by atoms with E-state index < -0.39 is 25.6 Å². The van der Waals surface area contributed by atoms with Crippen molar-refractivity contribution in [3.63, 3.8) is 0 Å². The lowest BCUT2D eigenvalue weighted by Gasteiger charge is -2.15. The van der Waals surface area contributed by atoms with Crippen LogP contribution in [0.4, 0.5) is 0 Å². The molecule has 0 aliphatic heterocycles. The lowest BCUT2D eigenvalue weighted by molar-refractivity contribution is 0.0237. The van der Waals surface area contributed by atoms with Crippen LogP contribution in [0.25, 0.3) is 0 Å². The number of aliphatic hydroxyl groups is 3. The van der Waals surface area contributed by atoms with Crippen LogP contribution in [-0.2, 0) is 28.2 Å². The van der Waals surface area contributed by atoms with Crippen LogP contribution in [0.1, 0.15) is 19.3 Å². The third-order valence-electron chi connectivity index (χ3n) is 3.53. The van der Waals surface area contributed by atoms with E-state index in [9.17, 15) is 15.3 Å². The molecule has 0 radical (unpaired) electrons. The van der Waals surface area contributed by atoms with Gasteiger partial charge in [0.25, 0.3) is 0 Å². The number of ether oxygens (including phenoxy) is 3. The molecule has 0 aliphatic carbocycles. The van der Waals surface area contributed by atoms with E-state index in [0.717, 1.165) is 0 Å². The van der Waals surface area contributed by atoms with Gasteiger partial charge in [0.15, 0.2) is 0 Å². The van der Waals surface area contributed by atoms with Gasteiger partial charge in [-0.1, -0.05) is 0 Å². The molecule has 31 heavy (non-hydrogen) atoms. The molecule has 0 rings (SSSR count). The van der Waals surface area contributed by atoms with Crippen LogP contribution < -0.4 is 0 Å². The molecule has 0 aliphatic rings. The molecular weight excluding hydrogens is 477 g/mol. The zero-order chi connectivity index (χ0) is 23.2. The molecular formula is C18H36BCl3O9. The van der Waals surface area contributed by atoms with Crippen molar-refractivity contribution in [2.45, 2.75) is 37.6 Å². The Balaban J connectivity index is 3.97. The van der Waals surface area contributed by atoms with E-state index in [0.29, 0.717) is 58.9 Å². The fourth-order valence-corrected chi connectivity index (χ4v) is 2.22. The highest BCUT2D eigenvalue weighted by atomic mass is 35.5. The van der Waals surface area contributed by atoms with Crippen molar-refractivity contribution in [3.05, 3.63) is 0 Å². The van der Waals surface area contributed by atoms with Crippen LogP contribution in [0.3, 0.4) is 0 Å². The Morgan fingerprint density at radius 2 is 0.806 bits per heavy atom. The van der Waals surface area contributed by atoms with E-state index in [-0.39, 0.29) is 37.5 Å². The fourth-order valence-electron chi connectivity index (χ4n) is 1.96. The third-order valence-corrected chi connectivity index (χ3v) is 4.59. The molecule has 13 heteroatoms. The summed E-state index contributed by atoms with van der Waals surface area (Å²) in [5.41, 5.74) is 0. The predicted octanol–water partition coefficient (Wildman–Crippen LogP) is 1.04. The largest absolute Gasteiger partial charge is 0.639 e. The quantitative estimate of drug-likeness (QED) is 0.0989. The van der Waals surface area contributed by atoms with Gasteiger partial charge in [-0.3, -0.25) is 0 Å². The molecule has 0 spiro atoms. The Hall–Kier alpha value is 0.575. The molecule has 186 valence electrons. The Morgan fingerprint density at radius 1 is 0.516 bits per heavy atom. The highest BCUT2D eigenvalue weighted by Gasteiger charge is 2.21. The zero-order valence-electron chi connectivity index (χ0n) is 17.8. The standard InChI is InChI=1S/C18H36BCl3O9/c20-10-16(23)13-26-4-1-7-29-19(30-8-2-5-27-14-17(24)11-21)31-9-3-6-28-15-18(25)12-22/h16-18,23-25H,1-15H2. The predicted molar refractivity (Wildman–Crippen MR) is 120 cm³/mol. The minimum absolute atomic E-state index is 0.128. The molecule has 3 N–H and O–H groups in total. The van der Waals surface area contributed by atoms with Crippen molar-refractivity contribution in [3.8, 4) is 0 Å². The number of alkyl halides is 3. The summed E-state index contributed by atoms with van der Waals surface area (Å²) in [5.74, 6) is 0.385. The second-order valence-electron chi connectivity index (χ2n) is 6.61. The van der Waals surface area contributed by atoms with E-state index in [4.69, 9.17) is 63.0 Å². The summed E-state index contributed by atoms with van der Waals surface area (Å²) in [7, 11) is -0.852. The molecule has 0 saturated carbocycles. The molecule has 3 unspecified atom stereocenters. The Kier molecular flexibility index (Phi) is 24.2. The van der Waals surface area contributed by atoms with Gasteiger partial charge in [-0.05, 0) is 19.3 Å². The first-order valence-corrected chi connectivity index (χ1v) is 11.9. The van der Waals surface area contributed by atoms with E-state index >= 15 is 0 Å². The number of halogens is 3. The monoisotopic (exact) mass is 512 g/mol. The molecule has 3 atom stereocenters. The highest BCUT2D eigenvalue weighted by molar-refractivity contribution is 6.36. The van der Waals surface area contributed by atoms with Gasteiger partial charge in [0.05, 0.1) is 55.8 Å². The summed E-state index contributed by atoms with van der Waals surface area (Å²) in [6, 6.07) is 0. The van der Waals surface area contributed by atoms with Gasteiger partial charge in [-0.15, -0.1) is 34.8 Å². The lowest BCUT2D eigenvalue weighted by Crippen LogP contribution is -2.30. The van der Waals surface area contributed by atoms with Gasteiger partial charge in [-0.25, -0.2) is 0 Å². The van der Waals surface area contributed by atoms with Gasteiger partial charge < -0.3 is 43.5 Å². The number of hydrogen-bond donors (Lipinski definition) is 3. The number of rotatable bonds is 24. The molecule has 0 amide bonds. The number of aliphatic hydroxyl groups excluding tert-OH is 3.